The molecule has 5 nitrogen and oxygen atoms in total. The van der Waals surface area contributed by atoms with Crippen molar-refractivity contribution in [3.63, 3.8) is 0 Å². The van der Waals surface area contributed by atoms with E-state index in [0.717, 1.165) is 39.6 Å². The molecule has 0 amide bonds. The number of rotatable bonds is 7. The Kier molecular flexibility index (Phi) is 5.81. The number of hydrogen-bond acceptors (Lipinski definition) is 5. The van der Waals surface area contributed by atoms with Crippen LogP contribution in [0.4, 0.5) is 5.69 Å². The van der Waals surface area contributed by atoms with Gasteiger partial charge >= 0.3 is 0 Å². The summed E-state index contributed by atoms with van der Waals surface area (Å²) in [6.45, 7) is 2.33. The van der Waals surface area contributed by atoms with Crippen molar-refractivity contribution in [2.24, 2.45) is 0 Å². The molecule has 2 aromatic carbocycles. The molecule has 3 rings (SSSR count). The SMILES string of the molecule is CNc1cccc(OC)c1COc1ccc(-c2ccccc2OC)c(C)n1. The van der Waals surface area contributed by atoms with Gasteiger partial charge in [0.25, 0.3) is 0 Å². The molecule has 5 heteroatoms. The van der Waals surface area contributed by atoms with Crippen LogP contribution in [0.5, 0.6) is 17.4 Å². The second kappa shape index (κ2) is 8.45. The average molecular weight is 364 g/mol. The van der Waals surface area contributed by atoms with Gasteiger partial charge in [0, 0.05) is 35.6 Å². The monoisotopic (exact) mass is 364 g/mol. The predicted octanol–water partition coefficient (Wildman–Crippen LogP) is 4.69. The standard InChI is InChI=1S/C22H24N2O3/c1-15-16(17-8-5-6-10-20(17)25-3)12-13-22(24-15)27-14-18-19(23-2)9-7-11-21(18)26-4/h5-13,23H,14H2,1-4H3. The highest BCUT2D eigenvalue weighted by Crippen LogP contribution is 2.33. The summed E-state index contributed by atoms with van der Waals surface area (Å²) in [6.07, 6.45) is 0. The lowest BCUT2D eigenvalue weighted by molar-refractivity contribution is 0.286. The van der Waals surface area contributed by atoms with Crippen LogP contribution in [-0.2, 0) is 6.61 Å². The number of ether oxygens (including phenoxy) is 3. The summed E-state index contributed by atoms with van der Waals surface area (Å²) in [5.74, 6) is 2.17. The summed E-state index contributed by atoms with van der Waals surface area (Å²) >= 11 is 0. The van der Waals surface area contributed by atoms with E-state index >= 15 is 0 Å². The molecular weight excluding hydrogens is 340 g/mol. The van der Waals surface area contributed by atoms with Crippen molar-refractivity contribution in [2.75, 3.05) is 26.6 Å². The summed E-state index contributed by atoms with van der Waals surface area (Å²) < 4.78 is 16.9. The molecule has 0 saturated heterocycles. The molecule has 0 radical (unpaired) electrons. The molecule has 0 aliphatic rings. The fraction of sp³-hybridized carbons (Fsp3) is 0.227. The van der Waals surface area contributed by atoms with Gasteiger partial charge in [0.1, 0.15) is 18.1 Å². The third-order valence-corrected chi connectivity index (χ3v) is 4.44. The van der Waals surface area contributed by atoms with Crippen LogP contribution in [0, 0.1) is 6.92 Å². The molecule has 1 N–H and O–H groups in total. The van der Waals surface area contributed by atoms with Crippen LogP contribution >= 0.6 is 0 Å². The van der Waals surface area contributed by atoms with Crippen molar-refractivity contribution < 1.29 is 14.2 Å². The maximum absolute atomic E-state index is 5.94. The topological polar surface area (TPSA) is 52.6 Å². The minimum absolute atomic E-state index is 0.362. The first-order valence-corrected chi connectivity index (χ1v) is 8.75. The van der Waals surface area contributed by atoms with E-state index in [4.69, 9.17) is 14.2 Å². The van der Waals surface area contributed by atoms with Gasteiger partial charge in [-0.2, -0.15) is 0 Å². The van der Waals surface area contributed by atoms with Crippen molar-refractivity contribution in [2.45, 2.75) is 13.5 Å². The molecule has 0 aliphatic carbocycles. The number of para-hydroxylation sites is 1. The molecule has 3 aromatic rings. The highest BCUT2D eigenvalue weighted by atomic mass is 16.5. The lowest BCUT2D eigenvalue weighted by Gasteiger charge is -2.15. The van der Waals surface area contributed by atoms with Crippen LogP contribution in [0.3, 0.4) is 0 Å². The number of methoxy groups -OCH3 is 2. The Morgan fingerprint density at radius 3 is 2.30 bits per heavy atom. The highest BCUT2D eigenvalue weighted by molar-refractivity contribution is 5.72. The smallest absolute Gasteiger partial charge is 0.213 e. The first-order chi connectivity index (χ1) is 13.2. The molecule has 0 spiro atoms. The van der Waals surface area contributed by atoms with E-state index in [-0.39, 0.29) is 0 Å². The van der Waals surface area contributed by atoms with Gasteiger partial charge in [-0.05, 0) is 31.2 Å². The van der Waals surface area contributed by atoms with E-state index in [0.29, 0.717) is 12.5 Å². The number of aromatic nitrogens is 1. The van der Waals surface area contributed by atoms with E-state index in [1.807, 2.05) is 68.6 Å². The number of hydrogen-bond donors (Lipinski definition) is 1. The van der Waals surface area contributed by atoms with E-state index in [9.17, 15) is 0 Å². The molecule has 0 fully saturated rings. The number of pyridine rings is 1. The highest BCUT2D eigenvalue weighted by Gasteiger charge is 2.12. The normalized spacial score (nSPS) is 10.4. The minimum atomic E-state index is 0.362. The molecule has 140 valence electrons. The maximum atomic E-state index is 5.94. The van der Waals surface area contributed by atoms with Gasteiger partial charge in [0.05, 0.1) is 19.8 Å². The number of benzene rings is 2. The Morgan fingerprint density at radius 1 is 0.852 bits per heavy atom. The first kappa shape index (κ1) is 18.6. The van der Waals surface area contributed by atoms with Gasteiger partial charge in [-0.15, -0.1) is 0 Å². The predicted molar refractivity (Wildman–Crippen MR) is 108 cm³/mol. The van der Waals surface area contributed by atoms with Crippen molar-refractivity contribution in [3.05, 3.63) is 65.9 Å². The zero-order chi connectivity index (χ0) is 19.2. The van der Waals surface area contributed by atoms with Gasteiger partial charge in [-0.25, -0.2) is 4.98 Å². The van der Waals surface area contributed by atoms with Crippen LogP contribution in [0.1, 0.15) is 11.3 Å². The molecule has 0 atom stereocenters. The third kappa shape index (κ3) is 3.97. The van der Waals surface area contributed by atoms with Crippen molar-refractivity contribution in [1.29, 1.82) is 0 Å². The largest absolute Gasteiger partial charge is 0.496 e. The van der Waals surface area contributed by atoms with Gasteiger partial charge < -0.3 is 19.5 Å². The Labute approximate surface area is 159 Å². The Balaban J connectivity index is 1.84. The van der Waals surface area contributed by atoms with Gasteiger partial charge in [0.2, 0.25) is 5.88 Å². The summed E-state index contributed by atoms with van der Waals surface area (Å²) in [4.78, 5) is 4.61. The van der Waals surface area contributed by atoms with Crippen molar-refractivity contribution >= 4 is 5.69 Å². The number of nitrogens with one attached hydrogen (secondary N) is 1. The molecule has 0 aliphatic heterocycles. The minimum Gasteiger partial charge on any atom is -0.496 e. The van der Waals surface area contributed by atoms with E-state index in [1.165, 1.54) is 0 Å². The fourth-order valence-corrected chi connectivity index (χ4v) is 3.06. The van der Waals surface area contributed by atoms with E-state index < -0.39 is 0 Å². The van der Waals surface area contributed by atoms with Crippen LogP contribution in [0.25, 0.3) is 11.1 Å². The Morgan fingerprint density at radius 2 is 1.59 bits per heavy atom. The second-order valence-corrected chi connectivity index (χ2v) is 6.01. The molecular formula is C22H24N2O3. The third-order valence-electron chi connectivity index (χ3n) is 4.44. The second-order valence-electron chi connectivity index (χ2n) is 6.01. The number of anilines is 1. The maximum Gasteiger partial charge on any atom is 0.213 e. The zero-order valence-corrected chi connectivity index (χ0v) is 16.1. The molecule has 1 heterocycles. The molecule has 0 saturated carbocycles. The van der Waals surface area contributed by atoms with E-state index in [1.54, 1.807) is 14.2 Å². The van der Waals surface area contributed by atoms with Crippen LogP contribution in [-0.4, -0.2) is 26.3 Å². The van der Waals surface area contributed by atoms with Gasteiger partial charge in [0.15, 0.2) is 0 Å². The quantitative estimate of drug-likeness (QED) is 0.659. The van der Waals surface area contributed by atoms with Gasteiger partial charge in [-0.3, -0.25) is 0 Å². The lowest BCUT2D eigenvalue weighted by Crippen LogP contribution is -2.04. The van der Waals surface area contributed by atoms with Crippen molar-refractivity contribution in [3.8, 4) is 28.5 Å². The molecule has 27 heavy (non-hydrogen) atoms. The molecule has 0 unspecified atom stereocenters. The summed E-state index contributed by atoms with van der Waals surface area (Å²) in [7, 11) is 5.21. The zero-order valence-electron chi connectivity index (χ0n) is 16.1. The summed E-state index contributed by atoms with van der Waals surface area (Å²) in [5, 5.41) is 3.17. The van der Waals surface area contributed by atoms with Crippen LogP contribution in [0.2, 0.25) is 0 Å². The number of aryl methyl sites for hydroxylation is 1. The Bertz CT molecular complexity index is 903. The average Bonchev–Trinajstić information content (AvgIpc) is 2.72. The van der Waals surface area contributed by atoms with Crippen LogP contribution in [0.15, 0.2) is 54.6 Å². The number of nitrogens with zero attached hydrogens (tertiary/aromatic N) is 1. The summed E-state index contributed by atoms with van der Waals surface area (Å²) in [5.41, 5.74) is 4.84. The fourth-order valence-electron chi connectivity index (χ4n) is 3.06. The van der Waals surface area contributed by atoms with Gasteiger partial charge in [-0.1, -0.05) is 24.3 Å². The van der Waals surface area contributed by atoms with Crippen molar-refractivity contribution in [1.82, 2.24) is 4.98 Å². The van der Waals surface area contributed by atoms with Crippen LogP contribution < -0.4 is 19.5 Å². The lowest BCUT2D eigenvalue weighted by atomic mass is 10.0. The molecule has 0 bridgehead atoms. The Hall–Kier alpha value is -3.21. The molecule has 1 aromatic heterocycles. The first-order valence-electron chi connectivity index (χ1n) is 8.75. The van der Waals surface area contributed by atoms with E-state index in [2.05, 4.69) is 10.3 Å². The summed E-state index contributed by atoms with van der Waals surface area (Å²) in [6, 6.07) is 17.7.